The molecule has 1 aliphatic carbocycles. The minimum absolute atomic E-state index is 0.146. The zero-order chi connectivity index (χ0) is 16.8. The van der Waals surface area contributed by atoms with Gasteiger partial charge in [-0.25, -0.2) is 0 Å². The maximum atomic E-state index is 11.6. The molecule has 0 amide bonds. The fourth-order valence-corrected chi connectivity index (χ4v) is 9.10. The molecular weight excluding hydrogens is 349 g/mol. The quantitative estimate of drug-likeness (QED) is 0.403. The molecule has 0 radical (unpaired) electrons. The summed E-state index contributed by atoms with van der Waals surface area (Å²) in [7, 11) is 1.45. The van der Waals surface area contributed by atoms with Crippen LogP contribution in [0.2, 0.25) is 10.4 Å². The van der Waals surface area contributed by atoms with Gasteiger partial charge in [-0.2, -0.15) is 0 Å². The van der Waals surface area contributed by atoms with Crippen LogP contribution < -0.4 is 10.1 Å². The summed E-state index contributed by atoms with van der Waals surface area (Å²) in [6, 6.07) is 6.59. The van der Waals surface area contributed by atoms with Crippen molar-refractivity contribution in [1.82, 2.24) is 0 Å². The molecule has 0 spiro atoms. The van der Waals surface area contributed by atoms with Crippen molar-refractivity contribution in [3.8, 4) is 0 Å². The monoisotopic (exact) mass is 379 g/mol. The summed E-state index contributed by atoms with van der Waals surface area (Å²) in [4.78, 5) is 11.6. The van der Waals surface area contributed by atoms with E-state index < -0.39 is 14.7 Å². The second-order valence-corrected chi connectivity index (χ2v) is 11.6. The molecule has 2 atom stereocenters. The first-order valence-corrected chi connectivity index (χ1v) is 12.4. The van der Waals surface area contributed by atoms with E-state index >= 15 is 0 Å². The average Bonchev–Trinajstić information content (AvgIpc) is 3.36. The van der Waals surface area contributed by atoms with E-state index in [0.717, 1.165) is 18.0 Å². The number of hydrogen-bond donors (Lipinski definition) is 1. The number of hydrogen-bond acceptors (Lipinski definition) is 3. The van der Waals surface area contributed by atoms with Gasteiger partial charge in [0.05, 0.1) is 0 Å². The number of nitrogen functional groups attached to an aromatic ring is 1. The number of esters is 1. The molecule has 0 bridgehead atoms. The molecule has 1 fully saturated rings. The summed E-state index contributed by atoms with van der Waals surface area (Å²) in [5, 5.41) is 2.77. The first-order chi connectivity index (χ1) is 11.1. The standard InChI is InChI=1S/C19H30AsNO2/c1-4-10-20(13-14-6-7-14)17-9-8-16(11-18(17)21)15(5-2)12-19(22)23-3/h8-9,11,14-15H,4-7,10,12-13,21H2,1-3H3. The number of methoxy groups -OCH3 is 1. The maximum absolute atomic E-state index is 11.6. The Balaban J connectivity index is 2.15. The van der Waals surface area contributed by atoms with Crippen molar-refractivity contribution < 1.29 is 9.53 Å². The fraction of sp³-hybridized carbons (Fsp3) is 0.632. The van der Waals surface area contributed by atoms with Crippen molar-refractivity contribution in [3.63, 3.8) is 0 Å². The van der Waals surface area contributed by atoms with Crippen LogP contribution in [0.1, 0.15) is 57.4 Å². The number of benzene rings is 1. The van der Waals surface area contributed by atoms with Gasteiger partial charge in [0.1, 0.15) is 0 Å². The first kappa shape index (κ1) is 18.4. The summed E-state index contributed by atoms with van der Waals surface area (Å²) >= 11 is -1.02. The predicted molar refractivity (Wildman–Crippen MR) is 98.5 cm³/mol. The molecular formula is C19H30AsNO2. The molecule has 128 valence electrons. The van der Waals surface area contributed by atoms with Crippen LogP contribution in [0.25, 0.3) is 0 Å². The minimum atomic E-state index is -1.02. The Morgan fingerprint density at radius 3 is 2.65 bits per heavy atom. The molecule has 1 saturated carbocycles. The number of rotatable bonds is 9. The molecule has 2 N–H and O–H groups in total. The second-order valence-electron chi connectivity index (χ2n) is 6.59. The normalized spacial score (nSPS) is 16.8. The summed E-state index contributed by atoms with van der Waals surface area (Å²) in [5.74, 6) is 1.03. The van der Waals surface area contributed by atoms with E-state index in [0.29, 0.717) is 6.42 Å². The molecule has 2 rings (SSSR count). The first-order valence-electron chi connectivity index (χ1n) is 8.80. The molecule has 23 heavy (non-hydrogen) atoms. The Morgan fingerprint density at radius 1 is 1.39 bits per heavy atom. The van der Waals surface area contributed by atoms with Crippen LogP contribution in [0.5, 0.6) is 0 Å². The van der Waals surface area contributed by atoms with E-state index in [2.05, 4.69) is 32.0 Å². The van der Waals surface area contributed by atoms with Gasteiger partial charge >= 0.3 is 145 Å². The van der Waals surface area contributed by atoms with Crippen LogP contribution in [0.15, 0.2) is 18.2 Å². The van der Waals surface area contributed by atoms with Gasteiger partial charge in [0.2, 0.25) is 0 Å². The summed E-state index contributed by atoms with van der Waals surface area (Å²) in [5.41, 5.74) is 8.56. The average molecular weight is 379 g/mol. The molecule has 0 heterocycles. The molecule has 3 nitrogen and oxygen atoms in total. The van der Waals surface area contributed by atoms with Crippen LogP contribution in [0.4, 0.5) is 5.69 Å². The number of anilines is 1. The van der Waals surface area contributed by atoms with Crippen LogP contribution >= 0.6 is 0 Å². The summed E-state index contributed by atoms with van der Waals surface area (Å²) < 4.78 is 6.26. The van der Waals surface area contributed by atoms with Gasteiger partial charge in [0.25, 0.3) is 0 Å². The van der Waals surface area contributed by atoms with Gasteiger partial charge in [-0.05, 0) is 0 Å². The number of nitrogens with two attached hydrogens (primary N) is 1. The zero-order valence-electron chi connectivity index (χ0n) is 14.7. The molecule has 4 heteroatoms. The number of carbonyl (C=O) groups excluding carboxylic acids is 1. The topological polar surface area (TPSA) is 52.3 Å². The van der Waals surface area contributed by atoms with E-state index in [9.17, 15) is 4.79 Å². The van der Waals surface area contributed by atoms with Crippen LogP contribution in [-0.4, -0.2) is 27.7 Å². The van der Waals surface area contributed by atoms with Crippen molar-refractivity contribution in [2.24, 2.45) is 5.92 Å². The Kier molecular flexibility index (Phi) is 7.02. The molecule has 2 unspecified atom stereocenters. The SMILES string of the molecule is CCC[As](CC1CC1)c1ccc(C(CC)CC(=O)OC)cc1N. The van der Waals surface area contributed by atoms with E-state index in [1.54, 1.807) is 0 Å². The third-order valence-corrected chi connectivity index (χ3v) is 11.0. The van der Waals surface area contributed by atoms with Crippen molar-refractivity contribution >= 4 is 30.7 Å². The summed E-state index contributed by atoms with van der Waals surface area (Å²) in [6.07, 6.45) is 5.46. The van der Waals surface area contributed by atoms with E-state index in [-0.39, 0.29) is 11.9 Å². The van der Waals surface area contributed by atoms with Crippen LogP contribution in [-0.2, 0) is 9.53 Å². The molecule has 0 saturated heterocycles. The Labute approximate surface area is 145 Å². The van der Waals surface area contributed by atoms with Gasteiger partial charge in [-0.15, -0.1) is 0 Å². The molecule has 1 aliphatic rings. The van der Waals surface area contributed by atoms with Crippen molar-refractivity contribution in [2.75, 3.05) is 12.8 Å². The van der Waals surface area contributed by atoms with E-state index in [1.807, 2.05) is 0 Å². The summed E-state index contributed by atoms with van der Waals surface area (Å²) in [6.45, 7) is 4.39. The van der Waals surface area contributed by atoms with Gasteiger partial charge in [0, 0.05) is 0 Å². The third kappa shape index (κ3) is 5.28. The van der Waals surface area contributed by atoms with Gasteiger partial charge in [0.15, 0.2) is 0 Å². The Morgan fingerprint density at radius 2 is 2.13 bits per heavy atom. The Bertz CT molecular complexity index is 528. The Hall–Kier alpha value is -0.952. The molecule has 1 aromatic rings. The fourth-order valence-electron chi connectivity index (χ4n) is 3.09. The third-order valence-electron chi connectivity index (χ3n) is 4.67. The van der Waals surface area contributed by atoms with Crippen molar-refractivity contribution in [2.45, 2.75) is 62.3 Å². The van der Waals surface area contributed by atoms with Crippen molar-refractivity contribution in [3.05, 3.63) is 23.8 Å². The van der Waals surface area contributed by atoms with E-state index in [1.165, 1.54) is 46.7 Å². The zero-order valence-corrected chi connectivity index (χ0v) is 16.6. The molecule has 0 aromatic heterocycles. The molecule has 0 aliphatic heterocycles. The van der Waals surface area contributed by atoms with Crippen molar-refractivity contribution in [1.29, 1.82) is 0 Å². The predicted octanol–water partition coefficient (Wildman–Crippen LogP) is 3.85. The number of carbonyl (C=O) groups is 1. The number of ether oxygens (including phenoxy) is 1. The van der Waals surface area contributed by atoms with Gasteiger partial charge < -0.3 is 0 Å². The molecule has 1 aromatic carbocycles. The van der Waals surface area contributed by atoms with Gasteiger partial charge in [-0.3, -0.25) is 0 Å². The second kappa shape index (κ2) is 8.78. The van der Waals surface area contributed by atoms with E-state index in [4.69, 9.17) is 10.5 Å². The van der Waals surface area contributed by atoms with Gasteiger partial charge in [-0.1, -0.05) is 0 Å². The van der Waals surface area contributed by atoms with Crippen LogP contribution in [0.3, 0.4) is 0 Å². The van der Waals surface area contributed by atoms with Crippen LogP contribution in [0, 0.1) is 5.92 Å².